The molecule has 2 heterocycles. The molecule has 4 aromatic rings. The van der Waals surface area contributed by atoms with Gasteiger partial charge < -0.3 is 14.8 Å². The average molecular weight is 562 g/mol. The first-order valence-electron chi connectivity index (χ1n) is 16.5. The van der Waals surface area contributed by atoms with Crippen LogP contribution in [0.15, 0.2) is 84.9 Å². The number of amides is 1. The van der Waals surface area contributed by atoms with E-state index in [2.05, 4.69) is 99.7 Å². The summed E-state index contributed by atoms with van der Waals surface area (Å²) in [5.74, 6) is 0.0735. The molecule has 0 unspecified atom stereocenters. The number of nitrogens with zero attached hydrogens (tertiary/aromatic N) is 2. The summed E-state index contributed by atoms with van der Waals surface area (Å²) in [5, 5.41) is 4.76. The van der Waals surface area contributed by atoms with Crippen LogP contribution in [-0.4, -0.2) is 41.1 Å². The fourth-order valence-corrected chi connectivity index (χ4v) is 7.38. The Morgan fingerprint density at radius 2 is 1.26 bits per heavy atom. The summed E-state index contributed by atoms with van der Waals surface area (Å²) in [5.41, 5.74) is 5.62. The third-order valence-corrected chi connectivity index (χ3v) is 9.52. The van der Waals surface area contributed by atoms with Crippen molar-refractivity contribution >= 4 is 16.8 Å². The lowest BCUT2D eigenvalue weighted by atomic mass is 9.83. The number of aromatic nitrogens is 1. The summed E-state index contributed by atoms with van der Waals surface area (Å²) in [4.78, 5) is 17.2. The molecule has 0 atom stereocenters. The van der Waals surface area contributed by atoms with E-state index in [0.29, 0.717) is 0 Å². The molecule has 220 valence electrons. The summed E-state index contributed by atoms with van der Waals surface area (Å²) in [6, 6.07) is 30.5. The molecule has 42 heavy (non-hydrogen) atoms. The van der Waals surface area contributed by atoms with E-state index in [1.165, 1.54) is 80.1 Å². The maximum absolute atomic E-state index is 14.6. The molecular weight excluding hydrogens is 514 g/mol. The zero-order valence-electron chi connectivity index (χ0n) is 25.1. The van der Waals surface area contributed by atoms with Crippen LogP contribution >= 0.6 is 0 Å². The smallest absolute Gasteiger partial charge is 0.268 e. The van der Waals surface area contributed by atoms with Gasteiger partial charge in [-0.05, 0) is 75.4 Å². The molecule has 4 nitrogen and oxygen atoms in total. The van der Waals surface area contributed by atoms with Crippen molar-refractivity contribution in [1.82, 2.24) is 14.8 Å². The maximum atomic E-state index is 14.6. The Balaban J connectivity index is 1.43. The molecule has 0 radical (unpaired) electrons. The molecule has 1 amide bonds. The van der Waals surface area contributed by atoms with Crippen LogP contribution in [0.1, 0.15) is 104 Å². The highest BCUT2D eigenvalue weighted by atomic mass is 16.2. The largest absolute Gasteiger partial charge is 0.348 e. The van der Waals surface area contributed by atoms with Gasteiger partial charge in [0.2, 0.25) is 0 Å². The predicted molar refractivity (Wildman–Crippen MR) is 174 cm³/mol. The predicted octanol–water partition coefficient (Wildman–Crippen LogP) is 8.54. The molecule has 1 saturated carbocycles. The zero-order valence-corrected chi connectivity index (χ0v) is 25.1. The zero-order chi connectivity index (χ0) is 28.6. The highest BCUT2D eigenvalue weighted by molar-refractivity contribution is 6.03. The lowest BCUT2D eigenvalue weighted by Crippen LogP contribution is -2.37. The molecule has 1 saturated heterocycles. The van der Waals surface area contributed by atoms with Gasteiger partial charge in [-0.1, -0.05) is 111 Å². The number of carbonyl (C=O) groups excluding carboxylic acids is 1. The number of fused-ring (bicyclic) bond motifs is 1. The third kappa shape index (κ3) is 6.65. The second-order valence-corrected chi connectivity index (χ2v) is 12.5. The maximum Gasteiger partial charge on any atom is 0.268 e. The van der Waals surface area contributed by atoms with E-state index in [1.54, 1.807) is 0 Å². The van der Waals surface area contributed by atoms with Crippen molar-refractivity contribution < 1.29 is 4.79 Å². The quantitative estimate of drug-likeness (QED) is 0.197. The van der Waals surface area contributed by atoms with Gasteiger partial charge in [-0.3, -0.25) is 4.79 Å². The average Bonchev–Trinajstić information content (AvgIpc) is 3.65. The van der Waals surface area contributed by atoms with Crippen molar-refractivity contribution in [2.75, 3.05) is 19.6 Å². The Labute approximate surface area is 252 Å². The van der Waals surface area contributed by atoms with Gasteiger partial charge in [-0.15, -0.1) is 0 Å². The van der Waals surface area contributed by atoms with Crippen LogP contribution < -0.4 is 5.32 Å². The van der Waals surface area contributed by atoms with E-state index in [0.717, 1.165) is 50.0 Å². The van der Waals surface area contributed by atoms with E-state index in [1.807, 2.05) is 0 Å². The topological polar surface area (TPSA) is 37.3 Å². The Kier molecular flexibility index (Phi) is 9.72. The molecular formula is C38H47N3O. The van der Waals surface area contributed by atoms with Gasteiger partial charge >= 0.3 is 0 Å². The van der Waals surface area contributed by atoms with E-state index >= 15 is 0 Å². The van der Waals surface area contributed by atoms with Gasteiger partial charge in [0.1, 0.15) is 5.69 Å². The van der Waals surface area contributed by atoms with Crippen molar-refractivity contribution in [2.24, 2.45) is 0 Å². The molecule has 1 aliphatic heterocycles. The molecule has 0 spiro atoms. The number of unbranched alkanes of at least 4 members (excludes halogenated alkanes) is 1. The van der Waals surface area contributed by atoms with Crippen molar-refractivity contribution in [3.05, 3.63) is 107 Å². The van der Waals surface area contributed by atoms with Gasteiger partial charge in [0.25, 0.3) is 5.91 Å². The number of para-hydroxylation sites is 1. The number of likely N-dealkylation sites (tertiary alicyclic amines) is 1. The first-order chi connectivity index (χ1) is 20.8. The Morgan fingerprint density at radius 3 is 1.93 bits per heavy atom. The normalized spacial score (nSPS) is 17.0. The molecule has 0 bridgehead atoms. The van der Waals surface area contributed by atoms with Crippen LogP contribution in [0.2, 0.25) is 0 Å². The van der Waals surface area contributed by atoms with Crippen LogP contribution in [0, 0.1) is 0 Å². The van der Waals surface area contributed by atoms with Crippen molar-refractivity contribution in [2.45, 2.75) is 89.1 Å². The summed E-state index contributed by atoms with van der Waals surface area (Å²) in [6.07, 6.45) is 13.3. The van der Waals surface area contributed by atoms with Crippen LogP contribution in [0.3, 0.4) is 0 Å². The fourth-order valence-electron chi connectivity index (χ4n) is 7.38. The number of carbonyl (C=O) groups is 1. The van der Waals surface area contributed by atoms with Gasteiger partial charge in [-0.25, -0.2) is 0 Å². The molecule has 2 aliphatic rings. The standard InChI is InChI=1S/C38H47N3O/c42-38(39-32-22-10-2-1-3-11-23-32)37-36(35(30-18-6-4-7-19-30)31-20-8-5-9-21-31)33-24-12-13-25-34(33)41(37)29-17-16-28-40-26-14-15-27-40/h4-9,12-13,18-21,24-25,32,35H,1-3,10-11,14-17,22-23,26-29H2,(H,39,42). The van der Waals surface area contributed by atoms with E-state index in [4.69, 9.17) is 0 Å². The van der Waals surface area contributed by atoms with Crippen molar-refractivity contribution in [3.8, 4) is 0 Å². The summed E-state index contributed by atoms with van der Waals surface area (Å²) < 4.78 is 2.37. The van der Waals surface area contributed by atoms with Crippen LogP contribution in [0.25, 0.3) is 10.9 Å². The van der Waals surface area contributed by atoms with E-state index in [9.17, 15) is 4.79 Å². The summed E-state index contributed by atoms with van der Waals surface area (Å²) >= 11 is 0. The van der Waals surface area contributed by atoms with Crippen LogP contribution in [0.5, 0.6) is 0 Å². The van der Waals surface area contributed by atoms with E-state index in [-0.39, 0.29) is 17.9 Å². The molecule has 1 N–H and O–H groups in total. The second-order valence-electron chi connectivity index (χ2n) is 12.5. The molecule has 2 fully saturated rings. The Hall–Kier alpha value is -3.37. The lowest BCUT2D eigenvalue weighted by molar-refractivity contribution is 0.0920. The fraction of sp³-hybridized carbons (Fsp3) is 0.447. The van der Waals surface area contributed by atoms with Gasteiger partial charge in [-0.2, -0.15) is 0 Å². The number of hydrogen-bond acceptors (Lipinski definition) is 2. The molecule has 4 heteroatoms. The number of aryl methyl sites for hydroxylation is 1. The van der Waals surface area contributed by atoms with Crippen molar-refractivity contribution in [3.63, 3.8) is 0 Å². The first-order valence-corrected chi connectivity index (χ1v) is 16.5. The van der Waals surface area contributed by atoms with Gasteiger partial charge in [0.05, 0.1) is 0 Å². The number of rotatable bonds is 10. The highest BCUT2D eigenvalue weighted by Gasteiger charge is 2.31. The lowest BCUT2D eigenvalue weighted by Gasteiger charge is -2.24. The number of hydrogen-bond donors (Lipinski definition) is 1. The molecule has 6 rings (SSSR count). The van der Waals surface area contributed by atoms with Gasteiger partial charge in [0.15, 0.2) is 0 Å². The minimum Gasteiger partial charge on any atom is -0.348 e. The second kappa shape index (κ2) is 14.2. The molecule has 1 aliphatic carbocycles. The monoisotopic (exact) mass is 561 g/mol. The highest BCUT2D eigenvalue weighted by Crippen LogP contribution is 2.40. The minimum absolute atomic E-state index is 0.0266. The minimum atomic E-state index is -0.0266. The Morgan fingerprint density at radius 1 is 0.690 bits per heavy atom. The first kappa shape index (κ1) is 28.7. The van der Waals surface area contributed by atoms with Gasteiger partial charge in [0, 0.05) is 35.0 Å². The molecule has 3 aromatic carbocycles. The van der Waals surface area contributed by atoms with Crippen molar-refractivity contribution in [1.29, 1.82) is 0 Å². The van der Waals surface area contributed by atoms with E-state index < -0.39 is 0 Å². The number of benzene rings is 3. The molecule has 1 aromatic heterocycles. The van der Waals surface area contributed by atoms with Crippen LogP contribution in [-0.2, 0) is 6.54 Å². The third-order valence-electron chi connectivity index (χ3n) is 9.52. The number of nitrogens with one attached hydrogen (secondary N) is 1. The Bertz CT molecular complexity index is 1370. The summed E-state index contributed by atoms with van der Waals surface area (Å²) in [6.45, 7) is 4.49. The SMILES string of the molecule is O=C(NC1CCCCCCC1)c1c(C(c2ccccc2)c2ccccc2)c2ccccc2n1CCCCN1CCCC1. The summed E-state index contributed by atoms with van der Waals surface area (Å²) in [7, 11) is 0. The van der Waals surface area contributed by atoms with Crippen LogP contribution in [0.4, 0.5) is 0 Å².